The van der Waals surface area contributed by atoms with Crippen molar-refractivity contribution < 1.29 is 4.79 Å². The highest BCUT2D eigenvalue weighted by Gasteiger charge is 2.34. The van der Waals surface area contributed by atoms with Crippen LogP contribution < -0.4 is 10.6 Å². The molecule has 2 fully saturated rings. The fraction of sp³-hybridized carbons (Fsp3) is 0.417. The first-order valence-electron chi connectivity index (χ1n) is 11.6. The van der Waals surface area contributed by atoms with Gasteiger partial charge in [0.2, 0.25) is 5.91 Å². The number of carbonyl (C=O) groups excluding carboxylic acids is 1. The molecule has 9 heteroatoms. The average Bonchev–Trinajstić information content (AvgIpc) is 3.37. The predicted molar refractivity (Wildman–Crippen MR) is 132 cm³/mol. The molecule has 1 aromatic carbocycles. The number of rotatable bonds is 5. The lowest BCUT2D eigenvalue weighted by molar-refractivity contribution is -0.129. The number of hydrogen-bond acceptors (Lipinski definition) is 7. The van der Waals surface area contributed by atoms with Crippen LogP contribution in [-0.2, 0) is 4.79 Å². The fourth-order valence-electron chi connectivity index (χ4n) is 4.88. The number of aromatic nitrogens is 4. The summed E-state index contributed by atoms with van der Waals surface area (Å²) in [6.45, 7) is 3.24. The van der Waals surface area contributed by atoms with Crippen LogP contribution in [0.5, 0.6) is 0 Å². The van der Waals surface area contributed by atoms with Crippen LogP contribution in [0.2, 0.25) is 0 Å². The van der Waals surface area contributed by atoms with Crippen molar-refractivity contribution in [3.8, 4) is 0 Å². The molecular weight excluding hydrogens is 434 g/mol. The molecule has 1 aliphatic carbocycles. The maximum absolute atomic E-state index is 11.6. The van der Waals surface area contributed by atoms with Gasteiger partial charge in [0.25, 0.3) is 0 Å². The van der Waals surface area contributed by atoms with Crippen LogP contribution in [0.4, 0.5) is 10.9 Å². The lowest BCUT2D eigenvalue weighted by atomic mass is 9.87. The summed E-state index contributed by atoms with van der Waals surface area (Å²) in [6, 6.07) is 13.3. The molecule has 1 aliphatic heterocycles. The summed E-state index contributed by atoms with van der Waals surface area (Å²) >= 11 is 1.71. The van der Waals surface area contributed by atoms with Crippen LogP contribution in [0.25, 0.3) is 21.3 Å². The van der Waals surface area contributed by atoms with Gasteiger partial charge >= 0.3 is 0 Å². The standard InChI is InChI=1S/C24H27N7OS/c1-15(32)30-11-8-16(9-12-30)26-22-19-5-4-10-25-23(19)31(29-22)18-13-17(14-18)27-24-28-20-6-2-3-7-21(20)33-24/h2-7,10,16-18H,8-9,11-14H2,1H3,(H,26,29)(H,27,28)/t17-,18-. The minimum atomic E-state index is 0.159. The summed E-state index contributed by atoms with van der Waals surface area (Å²) in [5.74, 6) is 1.06. The van der Waals surface area contributed by atoms with E-state index in [9.17, 15) is 4.79 Å². The van der Waals surface area contributed by atoms with E-state index in [1.807, 2.05) is 23.2 Å². The van der Waals surface area contributed by atoms with E-state index in [1.54, 1.807) is 18.3 Å². The van der Waals surface area contributed by atoms with Gasteiger partial charge < -0.3 is 15.5 Å². The van der Waals surface area contributed by atoms with E-state index < -0.39 is 0 Å². The molecule has 0 unspecified atom stereocenters. The molecule has 3 aromatic heterocycles. The van der Waals surface area contributed by atoms with E-state index in [0.717, 1.165) is 66.3 Å². The van der Waals surface area contributed by atoms with Crippen molar-refractivity contribution in [2.24, 2.45) is 0 Å². The second-order valence-electron chi connectivity index (χ2n) is 9.05. The second kappa shape index (κ2) is 8.30. The highest BCUT2D eigenvalue weighted by atomic mass is 32.1. The van der Waals surface area contributed by atoms with Crippen LogP contribution in [0.1, 0.15) is 38.6 Å². The van der Waals surface area contributed by atoms with E-state index in [1.165, 1.54) is 4.70 Å². The number of para-hydroxylation sites is 1. The monoisotopic (exact) mass is 461 g/mol. The number of likely N-dealkylation sites (tertiary alicyclic amines) is 1. The van der Waals surface area contributed by atoms with Gasteiger partial charge in [0, 0.05) is 38.3 Å². The molecule has 8 nitrogen and oxygen atoms in total. The average molecular weight is 462 g/mol. The Labute approximate surface area is 196 Å². The maximum atomic E-state index is 11.6. The summed E-state index contributed by atoms with van der Waals surface area (Å²) < 4.78 is 3.31. The Morgan fingerprint density at radius 2 is 1.88 bits per heavy atom. The number of carbonyl (C=O) groups is 1. The summed E-state index contributed by atoms with van der Waals surface area (Å²) in [5, 5.41) is 14.2. The molecular formula is C24H27N7OS. The van der Waals surface area contributed by atoms with Gasteiger partial charge in [-0.25, -0.2) is 14.6 Å². The smallest absolute Gasteiger partial charge is 0.219 e. The van der Waals surface area contributed by atoms with Gasteiger partial charge in [-0.3, -0.25) is 4.79 Å². The SMILES string of the molecule is CC(=O)N1CCC(Nc2nn([C@H]3C[C@H](Nc4nc5ccccc5s4)C3)c3ncccc23)CC1. The quantitative estimate of drug-likeness (QED) is 0.461. The van der Waals surface area contributed by atoms with Crippen LogP contribution in [0.3, 0.4) is 0 Å². The Balaban J connectivity index is 1.14. The highest BCUT2D eigenvalue weighted by Crippen LogP contribution is 2.38. The van der Waals surface area contributed by atoms with Gasteiger partial charge in [-0.1, -0.05) is 23.5 Å². The molecule has 2 aliphatic rings. The van der Waals surface area contributed by atoms with Crippen molar-refractivity contribution in [3.05, 3.63) is 42.6 Å². The van der Waals surface area contributed by atoms with Crippen LogP contribution >= 0.6 is 11.3 Å². The third-order valence-electron chi connectivity index (χ3n) is 6.83. The molecule has 1 saturated carbocycles. The molecule has 1 amide bonds. The molecule has 0 bridgehead atoms. The molecule has 170 valence electrons. The van der Waals surface area contributed by atoms with Crippen molar-refractivity contribution in [2.75, 3.05) is 23.7 Å². The first-order chi connectivity index (χ1) is 16.1. The largest absolute Gasteiger partial charge is 0.365 e. The first-order valence-corrected chi connectivity index (χ1v) is 12.4. The van der Waals surface area contributed by atoms with E-state index in [-0.39, 0.29) is 5.91 Å². The maximum Gasteiger partial charge on any atom is 0.219 e. The molecule has 2 N–H and O–H groups in total. The Morgan fingerprint density at radius 3 is 2.67 bits per heavy atom. The minimum absolute atomic E-state index is 0.159. The van der Waals surface area contributed by atoms with E-state index in [4.69, 9.17) is 10.1 Å². The zero-order valence-corrected chi connectivity index (χ0v) is 19.4. The molecule has 33 heavy (non-hydrogen) atoms. The van der Waals surface area contributed by atoms with Crippen molar-refractivity contribution in [2.45, 2.75) is 50.7 Å². The molecule has 4 heterocycles. The number of benzene rings is 1. The molecule has 6 rings (SSSR count). The van der Waals surface area contributed by atoms with Crippen LogP contribution in [0, 0.1) is 0 Å². The summed E-state index contributed by atoms with van der Waals surface area (Å²) in [6.07, 6.45) is 5.71. The zero-order chi connectivity index (χ0) is 22.4. The third-order valence-corrected chi connectivity index (χ3v) is 7.80. The van der Waals surface area contributed by atoms with E-state index >= 15 is 0 Å². The van der Waals surface area contributed by atoms with Crippen molar-refractivity contribution in [3.63, 3.8) is 0 Å². The number of pyridine rings is 1. The number of fused-ring (bicyclic) bond motifs is 2. The number of nitrogens with one attached hydrogen (secondary N) is 2. The zero-order valence-electron chi connectivity index (χ0n) is 18.6. The second-order valence-corrected chi connectivity index (χ2v) is 10.1. The number of hydrogen-bond donors (Lipinski definition) is 2. The third kappa shape index (κ3) is 3.90. The summed E-state index contributed by atoms with van der Waals surface area (Å²) in [4.78, 5) is 22.9. The number of amides is 1. The Morgan fingerprint density at radius 1 is 1.06 bits per heavy atom. The van der Waals surface area contributed by atoms with Gasteiger partial charge in [0.05, 0.1) is 21.6 Å². The molecule has 0 spiro atoms. The number of thiazole rings is 1. The molecule has 0 radical (unpaired) electrons. The normalized spacial score (nSPS) is 21.3. The fourth-order valence-corrected chi connectivity index (χ4v) is 5.82. The summed E-state index contributed by atoms with van der Waals surface area (Å²) in [5.41, 5.74) is 1.98. The lowest BCUT2D eigenvalue weighted by Gasteiger charge is -2.35. The van der Waals surface area contributed by atoms with Gasteiger partial charge in [-0.15, -0.1) is 0 Å². The minimum Gasteiger partial charge on any atom is -0.365 e. The van der Waals surface area contributed by atoms with Crippen molar-refractivity contribution >= 4 is 49.4 Å². The van der Waals surface area contributed by atoms with E-state index in [0.29, 0.717) is 18.1 Å². The Hall–Kier alpha value is -3.20. The predicted octanol–water partition coefficient (Wildman–Crippen LogP) is 4.28. The number of piperidine rings is 1. The topological polar surface area (TPSA) is 88.0 Å². The number of anilines is 2. The van der Waals surface area contributed by atoms with Gasteiger partial charge in [0.15, 0.2) is 16.6 Å². The van der Waals surface area contributed by atoms with Crippen molar-refractivity contribution in [1.29, 1.82) is 0 Å². The van der Waals surface area contributed by atoms with Crippen LogP contribution in [-0.4, -0.2) is 55.7 Å². The number of nitrogens with zero attached hydrogens (tertiary/aromatic N) is 5. The molecule has 4 aromatic rings. The molecule has 1 saturated heterocycles. The first kappa shape index (κ1) is 20.4. The van der Waals surface area contributed by atoms with Gasteiger partial charge in [0.1, 0.15) is 0 Å². The van der Waals surface area contributed by atoms with E-state index in [2.05, 4.69) is 44.6 Å². The van der Waals surface area contributed by atoms with Gasteiger partial charge in [-0.05, 0) is 49.9 Å². The molecule has 0 atom stereocenters. The van der Waals surface area contributed by atoms with Gasteiger partial charge in [-0.2, -0.15) is 5.10 Å². The van der Waals surface area contributed by atoms with Crippen molar-refractivity contribution in [1.82, 2.24) is 24.6 Å². The highest BCUT2D eigenvalue weighted by molar-refractivity contribution is 7.22. The lowest BCUT2D eigenvalue weighted by Crippen LogP contribution is -2.41. The van der Waals surface area contributed by atoms with Crippen LogP contribution in [0.15, 0.2) is 42.6 Å². The summed E-state index contributed by atoms with van der Waals surface area (Å²) in [7, 11) is 0. The Bertz CT molecular complexity index is 1270. The Kier molecular flexibility index (Phi) is 5.13.